The van der Waals surface area contributed by atoms with Gasteiger partial charge >= 0.3 is 19.7 Å². The maximum atomic E-state index is 13.1. The molecule has 2 atom stereocenters. The molecule has 0 radical (unpaired) electrons. The van der Waals surface area contributed by atoms with Gasteiger partial charge in [-0.15, -0.1) is 0 Å². The quantitative estimate of drug-likeness (QED) is 0.119. The van der Waals surface area contributed by atoms with Gasteiger partial charge in [0.25, 0.3) is 0 Å². The van der Waals surface area contributed by atoms with Gasteiger partial charge in [-0.05, 0) is 61.2 Å². The number of hydrogen-bond donors (Lipinski definition) is 3. The molecule has 0 spiro atoms. The molecule has 0 heterocycles. The van der Waals surface area contributed by atoms with Gasteiger partial charge in [0.05, 0.1) is 18.6 Å². The molecule has 0 bridgehead atoms. The van der Waals surface area contributed by atoms with Crippen molar-refractivity contribution >= 4 is 29.5 Å². The SMILES string of the molecule is COC(=O)c1ccccc1OCCCCNC(=O)[C@H](Cc1ccc(OP(=O)(O)C(F)F)cc1)NS(=O)(=O)c1ccccc1. The highest BCUT2D eigenvalue weighted by Crippen LogP contribution is 2.48. The summed E-state index contributed by atoms with van der Waals surface area (Å²) in [6.45, 7) is 0.436. The molecule has 1 unspecified atom stereocenters. The number of methoxy groups -OCH3 is 1. The summed E-state index contributed by atoms with van der Waals surface area (Å²) in [5.74, 6) is -1.08. The molecule has 0 aliphatic heterocycles. The van der Waals surface area contributed by atoms with E-state index in [9.17, 15) is 36.2 Å². The van der Waals surface area contributed by atoms with E-state index in [1.54, 1.807) is 30.3 Å². The van der Waals surface area contributed by atoms with Crippen LogP contribution in [-0.4, -0.2) is 57.7 Å². The van der Waals surface area contributed by atoms with Crippen molar-refractivity contribution in [3.63, 3.8) is 0 Å². The summed E-state index contributed by atoms with van der Waals surface area (Å²) in [7, 11) is -8.00. The van der Waals surface area contributed by atoms with Crippen molar-refractivity contribution in [2.75, 3.05) is 20.3 Å². The molecular formula is C28H31F2N2O9PS. The number of ether oxygens (including phenoxy) is 2. The molecule has 232 valence electrons. The summed E-state index contributed by atoms with van der Waals surface area (Å²) in [4.78, 5) is 34.2. The Morgan fingerprint density at radius 2 is 1.60 bits per heavy atom. The molecule has 0 aliphatic rings. The van der Waals surface area contributed by atoms with Crippen LogP contribution in [0.2, 0.25) is 0 Å². The molecule has 3 aromatic carbocycles. The number of unbranched alkanes of at least 4 members (excludes halogenated alkanes) is 1. The second-order valence-corrected chi connectivity index (χ2v) is 12.5. The van der Waals surface area contributed by atoms with E-state index < -0.39 is 41.7 Å². The second-order valence-electron chi connectivity index (χ2n) is 9.10. The Hall–Kier alpha value is -3.84. The molecule has 0 aromatic heterocycles. The Kier molecular flexibility index (Phi) is 12.2. The topological polar surface area (TPSA) is 157 Å². The van der Waals surface area contributed by atoms with Gasteiger partial charge in [-0.2, -0.15) is 13.5 Å². The first kappa shape index (κ1) is 33.7. The Balaban J connectivity index is 1.62. The van der Waals surface area contributed by atoms with E-state index in [0.717, 1.165) is 0 Å². The lowest BCUT2D eigenvalue weighted by Crippen LogP contribution is -2.48. The lowest BCUT2D eigenvalue weighted by Gasteiger charge is -2.19. The normalized spacial score (nSPS) is 13.5. The third kappa shape index (κ3) is 10.1. The van der Waals surface area contributed by atoms with E-state index in [-0.39, 0.29) is 35.8 Å². The van der Waals surface area contributed by atoms with E-state index >= 15 is 0 Å². The first-order chi connectivity index (χ1) is 20.4. The van der Waals surface area contributed by atoms with Crippen LogP contribution < -0.4 is 19.3 Å². The molecule has 11 nitrogen and oxygen atoms in total. The predicted octanol–water partition coefficient (Wildman–Crippen LogP) is 4.13. The van der Waals surface area contributed by atoms with Crippen LogP contribution in [0.5, 0.6) is 11.5 Å². The van der Waals surface area contributed by atoms with Crippen LogP contribution in [0, 0.1) is 0 Å². The Morgan fingerprint density at radius 1 is 0.953 bits per heavy atom. The number of benzene rings is 3. The van der Waals surface area contributed by atoms with Gasteiger partial charge in [0, 0.05) is 6.54 Å². The standard InChI is InChI=1S/C28H31F2N2O9PS/c1-39-27(34)23-11-5-6-12-25(23)40-18-8-7-17-31-26(33)24(32-43(37,38)22-9-3-2-4-10-22)19-20-13-15-21(16-14-20)41-42(35,36)28(29)30/h2-6,9-16,24,28,32H,7-8,17-19H2,1H3,(H,31,33)(H,35,36)/t24-/m0/s1. The van der Waals surface area contributed by atoms with Crippen molar-refractivity contribution in [1.82, 2.24) is 10.0 Å². The van der Waals surface area contributed by atoms with Crippen LogP contribution in [0.4, 0.5) is 8.78 Å². The molecule has 3 N–H and O–H groups in total. The van der Waals surface area contributed by atoms with Crippen LogP contribution in [0.1, 0.15) is 28.8 Å². The van der Waals surface area contributed by atoms with Crippen molar-refractivity contribution in [2.24, 2.45) is 0 Å². The minimum atomic E-state index is -5.17. The third-order valence-electron chi connectivity index (χ3n) is 5.93. The minimum Gasteiger partial charge on any atom is -0.493 e. The number of amides is 1. The number of rotatable bonds is 16. The summed E-state index contributed by atoms with van der Waals surface area (Å²) in [6, 6.07) is 17.9. The lowest BCUT2D eigenvalue weighted by molar-refractivity contribution is -0.122. The fourth-order valence-electron chi connectivity index (χ4n) is 3.77. The molecule has 0 saturated carbocycles. The summed E-state index contributed by atoms with van der Waals surface area (Å²) in [5, 5.41) is 2.70. The second kappa shape index (κ2) is 15.6. The van der Waals surface area contributed by atoms with Crippen molar-refractivity contribution in [2.45, 2.75) is 36.4 Å². The number of para-hydroxylation sites is 1. The molecule has 3 rings (SSSR count). The zero-order valence-electron chi connectivity index (χ0n) is 23.0. The molecule has 3 aromatic rings. The molecule has 1 amide bonds. The predicted molar refractivity (Wildman–Crippen MR) is 153 cm³/mol. The number of esters is 1. The van der Waals surface area contributed by atoms with Gasteiger partial charge in [-0.1, -0.05) is 42.5 Å². The van der Waals surface area contributed by atoms with E-state index in [0.29, 0.717) is 24.2 Å². The Morgan fingerprint density at radius 3 is 2.26 bits per heavy atom. The van der Waals surface area contributed by atoms with E-state index in [2.05, 4.69) is 14.6 Å². The fourth-order valence-corrected chi connectivity index (χ4v) is 5.49. The fraction of sp³-hybridized carbons (Fsp3) is 0.286. The van der Waals surface area contributed by atoms with E-state index in [4.69, 9.17) is 9.47 Å². The van der Waals surface area contributed by atoms with Crippen LogP contribution in [0.15, 0.2) is 83.8 Å². The van der Waals surface area contributed by atoms with E-state index in [1.165, 1.54) is 55.6 Å². The number of nitrogens with one attached hydrogen (secondary N) is 2. The van der Waals surface area contributed by atoms with Crippen molar-refractivity contribution in [3.8, 4) is 11.5 Å². The van der Waals surface area contributed by atoms with Gasteiger partial charge in [0.2, 0.25) is 15.9 Å². The van der Waals surface area contributed by atoms with Gasteiger partial charge in [0.1, 0.15) is 23.1 Å². The maximum Gasteiger partial charge on any atom is 0.442 e. The number of halogens is 2. The Labute approximate surface area is 247 Å². The first-order valence-corrected chi connectivity index (χ1v) is 16.1. The molecule has 0 saturated heterocycles. The molecule has 0 aliphatic carbocycles. The number of hydrogen-bond acceptors (Lipinski definition) is 8. The van der Waals surface area contributed by atoms with Crippen LogP contribution in [0.25, 0.3) is 0 Å². The van der Waals surface area contributed by atoms with Gasteiger partial charge in [0.15, 0.2) is 0 Å². The summed E-state index contributed by atoms with van der Waals surface area (Å²) in [6.07, 6.45) is -2.74. The highest BCUT2D eigenvalue weighted by Gasteiger charge is 2.34. The van der Waals surface area contributed by atoms with Gasteiger partial charge < -0.3 is 24.2 Å². The smallest absolute Gasteiger partial charge is 0.442 e. The largest absolute Gasteiger partial charge is 0.493 e. The lowest BCUT2D eigenvalue weighted by atomic mass is 10.1. The van der Waals surface area contributed by atoms with Crippen LogP contribution in [-0.2, 0) is 30.5 Å². The van der Waals surface area contributed by atoms with Crippen LogP contribution in [0.3, 0.4) is 0 Å². The molecule has 15 heteroatoms. The van der Waals surface area contributed by atoms with Gasteiger partial charge in [-0.25, -0.2) is 17.8 Å². The zero-order valence-corrected chi connectivity index (χ0v) is 24.7. The average Bonchev–Trinajstić information content (AvgIpc) is 2.99. The summed E-state index contributed by atoms with van der Waals surface area (Å²) < 4.78 is 80.0. The first-order valence-electron chi connectivity index (χ1n) is 13.0. The molecule has 43 heavy (non-hydrogen) atoms. The number of sulfonamides is 1. The van der Waals surface area contributed by atoms with Crippen molar-refractivity contribution < 1.29 is 50.2 Å². The van der Waals surface area contributed by atoms with Crippen molar-refractivity contribution in [1.29, 1.82) is 0 Å². The molecule has 0 fully saturated rings. The monoisotopic (exact) mass is 640 g/mol. The number of alkyl halides is 2. The summed E-state index contributed by atoms with van der Waals surface area (Å²) >= 11 is 0. The van der Waals surface area contributed by atoms with Crippen LogP contribution >= 0.6 is 7.60 Å². The maximum absolute atomic E-state index is 13.1. The average molecular weight is 641 g/mol. The molecular weight excluding hydrogens is 609 g/mol. The zero-order chi connectivity index (χ0) is 31.5. The number of carbonyl (C=O) groups is 2. The highest BCUT2D eigenvalue weighted by molar-refractivity contribution is 7.89. The Bertz CT molecular complexity index is 1520. The minimum absolute atomic E-state index is 0.0494. The van der Waals surface area contributed by atoms with Crippen molar-refractivity contribution in [3.05, 3.63) is 90.0 Å². The highest BCUT2D eigenvalue weighted by atomic mass is 32.2. The summed E-state index contributed by atoms with van der Waals surface area (Å²) in [5.41, 5.74) is 0.705. The third-order valence-corrected chi connectivity index (χ3v) is 8.39. The number of carbonyl (C=O) groups excluding carboxylic acids is 2. The van der Waals surface area contributed by atoms with E-state index in [1.807, 2.05) is 0 Å². The van der Waals surface area contributed by atoms with Gasteiger partial charge in [-0.3, -0.25) is 4.79 Å².